The molecule has 0 amide bonds. The Bertz CT molecular complexity index is 1200. The van der Waals surface area contributed by atoms with Crippen molar-refractivity contribution in [2.45, 2.75) is 188 Å². The molecule has 3 nitrogen and oxygen atoms in total. The van der Waals surface area contributed by atoms with E-state index < -0.39 is 14.2 Å². The van der Waals surface area contributed by atoms with Crippen LogP contribution >= 0.6 is 8.60 Å². The topological polar surface area (TPSA) is 49.7 Å². The second-order valence-electron chi connectivity index (χ2n) is 18.0. The first-order chi connectivity index (χ1) is 20.6. The van der Waals surface area contributed by atoms with Crippen molar-refractivity contribution in [2.24, 2.45) is 0 Å². The highest BCUT2D eigenvalue weighted by molar-refractivity contribution is 7.39. The van der Waals surface area contributed by atoms with Gasteiger partial charge in [0.1, 0.15) is 5.60 Å². The van der Waals surface area contributed by atoms with Crippen molar-refractivity contribution in [3.8, 4) is 0 Å². The van der Waals surface area contributed by atoms with Gasteiger partial charge in [0.05, 0.1) is 0 Å². The minimum Gasteiger partial charge on any atom is -0.328 e. The van der Waals surface area contributed by atoms with Gasteiger partial charge in [-0.1, -0.05) is 166 Å². The lowest BCUT2D eigenvalue weighted by Crippen LogP contribution is -2.41. The third-order valence-corrected chi connectivity index (χ3v) is 10.3. The molecular weight excluding hydrogens is 571 g/mol. The number of rotatable bonds is 12. The zero-order valence-electron chi connectivity index (χ0n) is 31.3. The van der Waals surface area contributed by atoms with Crippen molar-refractivity contribution in [1.29, 1.82) is 0 Å². The Morgan fingerprint density at radius 1 is 0.578 bits per heavy atom. The lowest BCUT2D eigenvalue weighted by atomic mass is 9.62. The molecule has 0 heterocycles. The molecule has 1 aliphatic carbocycles. The Hall–Kier alpha value is -1.25. The van der Waals surface area contributed by atoms with Crippen molar-refractivity contribution in [3.05, 3.63) is 68.8 Å². The molecule has 0 spiro atoms. The minimum atomic E-state index is -2.61. The van der Waals surface area contributed by atoms with E-state index in [0.717, 1.165) is 25.7 Å². The molecule has 2 aromatic rings. The van der Waals surface area contributed by atoms with E-state index in [1.807, 2.05) is 0 Å². The van der Waals surface area contributed by atoms with Gasteiger partial charge in [0.25, 0.3) is 0 Å². The summed E-state index contributed by atoms with van der Waals surface area (Å²) in [5, 5.41) is 0. The van der Waals surface area contributed by atoms with E-state index in [4.69, 9.17) is 4.52 Å². The Labute approximate surface area is 279 Å². The van der Waals surface area contributed by atoms with Crippen LogP contribution in [0.4, 0.5) is 0 Å². The predicted molar refractivity (Wildman–Crippen MR) is 196 cm³/mol. The van der Waals surface area contributed by atoms with Crippen LogP contribution in [-0.4, -0.2) is 9.79 Å². The molecule has 254 valence electrons. The van der Waals surface area contributed by atoms with Gasteiger partial charge in [-0.2, -0.15) is 0 Å². The smallest absolute Gasteiger partial charge is 0.328 e. The standard InChI is InChI=1S/C41H67O3P/c1-14-15-16-17-18-19-20-21-22-23-41(44-45(42)43)35-29(25-31(37(2,3)4)27-33(35)39(8,9)10)24-30-26-32(38(5,6)7)28-34(36(30)41)40(11,12)13/h25-28,42-43H,14-24H2,1-13H3. The maximum Gasteiger partial charge on any atom is 0.328 e. The van der Waals surface area contributed by atoms with Gasteiger partial charge in [-0.15, -0.1) is 0 Å². The summed E-state index contributed by atoms with van der Waals surface area (Å²) in [6.45, 7) is 29.8. The summed E-state index contributed by atoms with van der Waals surface area (Å²) in [6, 6.07) is 9.60. The number of unbranched alkanes of at least 4 members (excludes halogenated alkanes) is 8. The molecule has 1 aliphatic rings. The first-order valence-electron chi connectivity index (χ1n) is 17.9. The Morgan fingerprint density at radius 3 is 1.29 bits per heavy atom. The molecule has 45 heavy (non-hydrogen) atoms. The summed E-state index contributed by atoms with van der Waals surface area (Å²) >= 11 is 0. The highest BCUT2D eigenvalue weighted by Crippen LogP contribution is 2.57. The third-order valence-electron chi connectivity index (χ3n) is 9.85. The average Bonchev–Trinajstić information content (AvgIpc) is 2.88. The van der Waals surface area contributed by atoms with Gasteiger partial charge in [-0.3, -0.25) is 4.52 Å². The lowest BCUT2D eigenvalue weighted by molar-refractivity contribution is 0.0717. The molecule has 0 saturated carbocycles. The number of fused-ring (bicyclic) bond motifs is 2. The molecule has 3 rings (SSSR count). The molecule has 0 bridgehead atoms. The fourth-order valence-electron chi connectivity index (χ4n) is 7.23. The van der Waals surface area contributed by atoms with E-state index in [9.17, 15) is 9.79 Å². The summed E-state index contributed by atoms with van der Waals surface area (Å²) in [6.07, 6.45) is 12.7. The zero-order chi connectivity index (χ0) is 34.0. The number of benzene rings is 2. The highest BCUT2D eigenvalue weighted by Gasteiger charge is 2.49. The third kappa shape index (κ3) is 9.22. The summed E-state index contributed by atoms with van der Waals surface area (Å²) in [5.74, 6) is 0. The highest BCUT2D eigenvalue weighted by atomic mass is 31.2. The second kappa shape index (κ2) is 14.5. The first-order valence-corrected chi connectivity index (χ1v) is 19.0. The molecule has 0 unspecified atom stereocenters. The Balaban J connectivity index is 2.32. The van der Waals surface area contributed by atoms with Crippen molar-refractivity contribution in [3.63, 3.8) is 0 Å². The quantitative estimate of drug-likeness (QED) is 0.180. The van der Waals surface area contributed by atoms with Gasteiger partial charge in [-0.05, 0) is 85.4 Å². The minimum absolute atomic E-state index is 0.0135. The van der Waals surface area contributed by atoms with Gasteiger partial charge < -0.3 is 9.79 Å². The van der Waals surface area contributed by atoms with E-state index in [1.165, 1.54) is 89.5 Å². The van der Waals surface area contributed by atoms with Crippen LogP contribution in [0.2, 0.25) is 0 Å². The Morgan fingerprint density at radius 2 is 0.956 bits per heavy atom. The molecular formula is C41H67O3P. The fourth-order valence-corrected chi connectivity index (χ4v) is 7.78. The number of hydrogen-bond acceptors (Lipinski definition) is 3. The fraction of sp³-hybridized carbons (Fsp3) is 0.707. The molecule has 0 fully saturated rings. The van der Waals surface area contributed by atoms with E-state index in [-0.39, 0.29) is 21.7 Å². The zero-order valence-corrected chi connectivity index (χ0v) is 32.2. The SMILES string of the molecule is CCCCCCCCCCCC1(OP(O)O)c2c(cc(C(C)(C)C)cc2C(C)(C)C)Cc2cc(C(C)(C)C)cc(C(C)(C)C)c21. The normalized spacial score (nSPS) is 15.4. The molecule has 2 N–H and O–H groups in total. The molecule has 0 aliphatic heterocycles. The summed E-state index contributed by atoms with van der Waals surface area (Å²) in [5.41, 5.74) is 8.82. The lowest BCUT2D eigenvalue weighted by Gasteiger charge is -2.47. The van der Waals surface area contributed by atoms with Gasteiger partial charge in [-0.25, -0.2) is 0 Å². The predicted octanol–water partition coefficient (Wildman–Crippen LogP) is 12.2. The monoisotopic (exact) mass is 638 g/mol. The van der Waals surface area contributed by atoms with Gasteiger partial charge in [0, 0.05) is 0 Å². The molecule has 0 saturated heterocycles. The summed E-state index contributed by atoms with van der Waals surface area (Å²) < 4.78 is 6.70. The maximum absolute atomic E-state index is 10.8. The maximum atomic E-state index is 10.8. The molecule has 0 radical (unpaired) electrons. The van der Waals surface area contributed by atoms with Crippen LogP contribution in [0.1, 0.15) is 199 Å². The van der Waals surface area contributed by atoms with Crippen LogP contribution in [0.3, 0.4) is 0 Å². The van der Waals surface area contributed by atoms with E-state index >= 15 is 0 Å². The first kappa shape index (κ1) is 38.2. The second-order valence-corrected chi connectivity index (χ2v) is 18.7. The van der Waals surface area contributed by atoms with Crippen LogP contribution in [0.15, 0.2) is 24.3 Å². The van der Waals surface area contributed by atoms with Crippen molar-refractivity contribution in [1.82, 2.24) is 0 Å². The summed E-state index contributed by atoms with van der Waals surface area (Å²) in [4.78, 5) is 21.6. The molecule has 2 aromatic carbocycles. The van der Waals surface area contributed by atoms with Crippen molar-refractivity contribution < 1.29 is 14.3 Å². The van der Waals surface area contributed by atoms with E-state index in [0.29, 0.717) is 0 Å². The van der Waals surface area contributed by atoms with E-state index in [2.05, 4.69) is 114 Å². The molecule has 0 atom stereocenters. The van der Waals surface area contributed by atoms with Crippen LogP contribution < -0.4 is 0 Å². The van der Waals surface area contributed by atoms with E-state index in [1.54, 1.807) is 0 Å². The molecule has 4 heteroatoms. The van der Waals surface area contributed by atoms with Crippen LogP contribution in [0.5, 0.6) is 0 Å². The van der Waals surface area contributed by atoms with Gasteiger partial charge in [0.2, 0.25) is 0 Å². The number of hydrogen-bond donors (Lipinski definition) is 2. The van der Waals surface area contributed by atoms with Crippen molar-refractivity contribution >= 4 is 8.60 Å². The van der Waals surface area contributed by atoms with Crippen LogP contribution in [-0.2, 0) is 38.2 Å². The van der Waals surface area contributed by atoms with Crippen LogP contribution in [0, 0.1) is 0 Å². The average molecular weight is 639 g/mol. The van der Waals surface area contributed by atoms with Crippen molar-refractivity contribution in [2.75, 3.05) is 0 Å². The van der Waals surface area contributed by atoms with Crippen LogP contribution in [0.25, 0.3) is 0 Å². The largest absolute Gasteiger partial charge is 0.328 e. The van der Waals surface area contributed by atoms with Gasteiger partial charge in [0.15, 0.2) is 0 Å². The summed E-state index contributed by atoms with van der Waals surface area (Å²) in [7, 11) is -2.61. The molecule has 0 aromatic heterocycles. The Kier molecular flexibility index (Phi) is 12.3. The van der Waals surface area contributed by atoms with Gasteiger partial charge >= 0.3 is 8.60 Å².